The first-order chi connectivity index (χ1) is 12.3. The standard InChI is InChI=1S/C22H28N2O2/c1-15-12-17(3)22(18(4)13-15)23-21(26)10-11-24(19(5)25)14-20-9-7-6-8-16(20)2/h6-9,12-13H,10-11,14H2,1-5H3,(H,23,26). The molecule has 0 saturated heterocycles. The van der Waals surface area contributed by atoms with Crippen LogP contribution >= 0.6 is 0 Å². The molecule has 0 unspecified atom stereocenters. The van der Waals surface area contributed by atoms with Crippen LogP contribution in [0.1, 0.15) is 41.2 Å². The number of hydrogen-bond acceptors (Lipinski definition) is 2. The average molecular weight is 352 g/mol. The molecule has 4 heteroatoms. The molecule has 0 spiro atoms. The highest BCUT2D eigenvalue weighted by Crippen LogP contribution is 2.22. The molecule has 0 radical (unpaired) electrons. The Hall–Kier alpha value is -2.62. The van der Waals surface area contributed by atoms with Gasteiger partial charge in [-0.15, -0.1) is 0 Å². The summed E-state index contributed by atoms with van der Waals surface area (Å²) in [5, 5.41) is 3.00. The molecule has 0 atom stereocenters. The van der Waals surface area contributed by atoms with Gasteiger partial charge in [-0.25, -0.2) is 0 Å². The van der Waals surface area contributed by atoms with Crippen molar-refractivity contribution in [2.75, 3.05) is 11.9 Å². The van der Waals surface area contributed by atoms with Gasteiger partial charge in [0, 0.05) is 32.1 Å². The van der Waals surface area contributed by atoms with E-state index in [0.29, 0.717) is 13.1 Å². The normalized spacial score (nSPS) is 10.5. The molecular weight excluding hydrogens is 324 g/mol. The smallest absolute Gasteiger partial charge is 0.226 e. The maximum absolute atomic E-state index is 12.4. The van der Waals surface area contributed by atoms with Crippen molar-refractivity contribution >= 4 is 17.5 Å². The van der Waals surface area contributed by atoms with Crippen LogP contribution in [0.5, 0.6) is 0 Å². The monoisotopic (exact) mass is 352 g/mol. The van der Waals surface area contributed by atoms with Gasteiger partial charge in [0.25, 0.3) is 0 Å². The number of aryl methyl sites for hydroxylation is 4. The third-order valence-corrected chi connectivity index (χ3v) is 4.62. The summed E-state index contributed by atoms with van der Waals surface area (Å²) in [6.45, 7) is 10.5. The Morgan fingerprint density at radius 3 is 2.15 bits per heavy atom. The van der Waals surface area contributed by atoms with Crippen LogP contribution in [0.2, 0.25) is 0 Å². The fraction of sp³-hybridized carbons (Fsp3) is 0.364. The van der Waals surface area contributed by atoms with Crippen LogP contribution in [0.25, 0.3) is 0 Å². The third kappa shape index (κ3) is 5.19. The molecule has 0 aromatic heterocycles. The summed E-state index contributed by atoms with van der Waals surface area (Å²) < 4.78 is 0. The second-order valence-corrected chi connectivity index (χ2v) is 6.94. The van der Waals surface area contributed by atoms with E-state index in [-0.39, 0.29) is 18.2 Å². The van der Waals surface area contributed by atoms with E-state index in [1.165, 1.54) is 5.56 Å². The van der Waals surface area contributed by atoms with Crippen molar-refractivity contribution in [2.24, 2.45) is 0 Å². The Morgan fingerprint density at radius 2 is 1.58 bits per heavy atom. The van der Waals surface area contributed by atoms with Gasteiger partial charge in [0.05, 0.1) is 0 Å². The predicted octanol–water partition coefficient (Wildman–Crippen LogP) is 4.30. The molecule has 4 nitrogen and oxygen atoms in total. The predicted molar refractivity (Wildman–Crippen MR) is 106 cm³/mol. The van der Waals surface area contributed by atoms with Crippen molar-refractivity contribution in [3.8, 4) is 0 Å². The van der Waals surface area contributed by atoms with Gasteiger partial charge >= 0.3 is 0 Å². The number of rotatable bonds is 6. The van der Waals surface area contributed by atoms with Gasteiger partial charge in [-0.05, 0) is 49.9 Å². The van der Waals surface area contributed by atoms with Crippen molar-refractivity contribution in [2.45, 2.75) is 47.6 Å². The fourth-order valence-corrected chi connectivity index (χ4v) is 3.16. The van der Waals surface area contributed by atoms with Crippen molar-refractivity contribution in [3.05, 3.63) is 64.2 Å². The highest BCUT2D eigenvalue weighted by atomic mass is 16.2. The summed E-state index contributed by atoms with van der Waals surface area (Å²) in [7, 11) is 0. The Morgan fingerprint density at radius 1 is 0.962 bits per heavy atom. The van der Waals surface area contributed by atoms with Gasteiger partial charge in [-0.2, -0.15) is 0 Å². The number of nitrogens with one attached hydrogen (secondary N) is 1. The highest BCUT2D eigenvalue weighted by Gasteiger charge is 2.14. The fourth-order valence-electron chi connectivity index (χ4n) is 3.16. The number of carbonyl (C=O) groups excluding carboxylic acids is 2. The first-order valence-corrected chi connectivity index (χ1v) is 8.95. The molecule has 0 aliphatic heterocycles. The van der Waals surface area contributed by atoms with Crippen LogP contribution in [0, 0.1) is 27.7 Å². The highest BCUT2D eigenvalue weighted by molar-refractivity contribution is 5.92. The molecule has 0 saturated carbocycles. The zero-order valence-corrected chi connectivity index (χ0v) is 16.3. The number of anilines is 1. The van der Waals surface area contributed by atoms with E-state index in [4.69, 9.17) is 0 Å². The summed E-state index contributed by atoms with van der Waals surface area (Å²) in [6, 6.07) is 12.1. The topological polar surface area (TPSA) is 49.4 Å². The molecule has 2 aromatic rings. The first-order valence-electron chi connectivity index (χ1n) is 8.95. The van der Waals surface area contributed by atoms with E-state index in [2.05, 4.69) is 17.4 Å². The second-order valence-electron chi connectivity index (χ2n) is 6.94. The number of benzene rings is 2. The lowest BCUT2D eigenvalue weighted by molar-refractivity contribution is -0.129. The van der Waals surface area contributed by atoms with E-state index >= 15 is 0 Å². The quantitative estimate of drug-likeness (QED) is 0.843. The van der Waals surface area contributed by atoms with Crippen molar-refractivity contribution in [1.29, 1.82) is 0 Å². The van der Waals surface area contributed by atoms with E-state index in [1.807, 2.05) is 52.0 Å². The van der Waals surface area contributed by atoms with Gasteiger partial charge in [-0.3, -0.25) is 9.59 Å². The average Bonchev–Trinajstić information content (AvgIpc) is 2.56. The van der Waals surface area contributed by atoms with Gasteiger partial charge in [-0.1, -0.05) is 42.0 Å². The number of carbonyl (C=O) groups is 2. The third-order valence-electron chi connectivity index (χ3n) is 4.62. The van der Waals surface area contributed by atoms with Crippen molar-refractivity contribution in [3.63, 3.8) is 0 Å². The molecule has 138 valence electrons. The summed E-state index contributed by atoms with van der Waals surface area (Å²) in [6.07, 6.45) is 0.276. The van der Waals surface area contributed by atoms with E-state index in [9.17, 15) is 9.59 Å². The van der Waals surface area contributed by atoms with E-state index < -0.39 is 0 Å². The largest absolute Gasteiger partial charge is 0.338 e. The molecule has 0 aliphatic carbocycles. The zero-order valence-electron chi connectivity index (χ0n) is 16.3. The van der Waals surface area contributed by atoms with Gasteiger partial charge in [0.2, 0.25) is 11.8 Å². The van der Waals surface area contributed by atoms with Crippen LogP contribution in [0.4, 0.5) is 5.69 Å². The van der Waals surface area contributed by atoms with E-state index in [1.54, 1.807) is 11.8 Å². The van der Waals surface area contributed by atoms with Crippen LogP contribution in [-0.2, 0) is 16.1 Å². The van der Waals surface area contributed by atoms with Gasteiger partial charge in [0.1, 0.15) is 0 Å². The molecule has 2 amide bonds. The second kappa shape index (κ2) is 8.65. The lowest BCUT2D eigenvalue weighted by Crippen LogP contribution is -2.32. The number of hydrogen-bond donors (Lipinski definition) is 1. The zero-order chi connectivity index (χ0) is 19.3. The van der Waals surface area contributed by atoms with E-state index in [0.717, 1.165) is 27.9 Å². The summed E-state index contributed by atoms with van der Waals surface area (Å²) >= 11 is 0. The maximum Gasteiger partial charge on any atom is 0.226 e. The van der Waals surface area contributed by atoms with Crippen LogP contribution < -0.4 is 5.32 Å². The number of nitrogens with zero attached hydrogens (tertiary/aromatic N) is 1. The Labute approximate surface area is 156 Å². The van der Waals surface area contributed by atoms with Crippen molar-refractivity contribution in [1.82, 2.24) is 4.90 Å². The van der Waals surface area contributed by atoms with Gasteiger partial charge < -0.3 is 10.2 Å². The van der Waals surface area contributed by atoms with Crippen LogP contribution in [-0.4, -0.2) is 23.3 Å². The molecule has 26 heavy (non-hydrogen) atoms. The minimum atomic E-state index is -0.0731. The lowest BCUT2D eigenvalue weighted by Gasteiger charge is -2.22. The van der Waals surface area contributed by atoms with Crippen LogP contribution in [0.3, 0.4) is 0 Å². The molecule has 1 N–H and O–H groups in total. The SMILES string of the molecule is CC(=O)N(CCC(=O)Nc1c(C)cc(C)cc1C)Cc1ccccc1C. The molecule has 0 bridgehead atoms. The van der Waals surface area contributed by atoms with Crippen LogP contribution in [0.15, 0.2) is 36.4 Å². The minimum absolute atomic E-state index is 0.0243. The van der Waals surface area contributed by atoms with Crippen molar-refractivity contribution < 1.29 is 9.59 Å². The Balaban J connectivity index is 2.00. The Kier molecular flexibility index (Phi) is 6.56. The molecular formula is C22H28N2O2. The molecule has 2 aromatic carbocycles. The summed E-state index contributed by atoms with van der Waals surface area (Å²) in [5.74, 6) is -0.0974. The summed E-state index contributed by atoms with van der Waals surface area (Å²) in [4.78, 5) is 26.1. The maximum atomic E-state index is 12.4. The minimum Gasteiger partial charge on any atom is -0.338 e. The Bertz CT molecular complexity index is 789. The molecule has 0 aliphatic rings. The molecule has 0 fully saturated rings. The molecule has 0 heterocycles. The lowest BCUT2D eigenvalue weighted by atomic mass is 10.0. The molecule has 2 rings (SSSR count). The first kappa shape index (κ1) is 19.7. The number of amides is 2. The van der Waals surface area contributed by atoms with Gasteiger partial charge in [0.15, 0.2) is 0 Å². The summed E-state index contributed by atoms with van der Waals surface area (Å²) in [5.41, 5.74) is 6.41.